The third kappa shape index (κ3) is 3.49. The van der Waals surface area contributed by atoms with E-state index in [9.17, 15) is 8.78 Å². The highest BCUT2D eigenvalue weighted by atomic mass is 35.5. The van der Waals surface area contributed by atoms with Crippen LogP contribution in [0.15, 0.2) is 12.1 Å². The normalized spacial score (nSPS) is 11.5. The summed E-state index contributed by atoms with van der Waals surface area (Å²) in [6.07, 6.45) is 0. The molecule has 0 atom stereocenters. The number of rotatable bonds is 4. The number of pyridine rings is 1. The van der Waals surface area contributed by atoms with Crippen molar-refractivity contribution in [2.45, 2.75) is 5.92 Å². The van der Waals surface area contributed by atoms with Gasteiger partial charge in [0.2, 0.25) is 0 Å². The van der Waals surface area contributed by atoms with Gasteiger partial charge in [0, 0.05) is 0 Å². The van der Waals surface area contributed by atoms with E-state index in [1.807, 2.05) is 0 Å². The lowest BCUT2D eigenvalue weighted by molar-refractivity contribution is -0.0373. The molecule has 0 aliphatic heterocycles. The van der Waals surface area contributed by atoms with Crippen LogP contribution in [0.4, 0.5) is 20.3 Å². The van der Waals surface area contributed by atoms with E-state index in [2.05, 4.69) is 10.3 Å². The quantitative estimate of drug-likeness (QED) is 0.692. The Balaban J connectivity index is 2.69. The van der Waals surface area contributed by atoms with Crippen LogP contribution >= 0.6 is 11.6 Å². The maximum Gasteiger partial charge on any atom is 0.287 e. The number of nitrogens with one attached hydrogen (secondary N) is 1. The SMILES string of the molecule is Nc1ccc(Cl)nc1NCC(F)(F)CO. The molecule has 1 heterocycles. The van der Waals surface area contributed by atoms with Crippen LogP contribution in [-0.2, 0) is 0 Å². The predicted molar refractivity (Wildman–Crippen MR) is 54.2 cm³/mol. The number of aliphatic hydroxyl groups excluding tert-OH is 1. The second-order valence-electron chi connectivity index (χ2n) is 2.94. The Hall–Kier alpha value is -1.14. The van der Waals surface area contributed by atoms with Gasteiger partial charge in [-0.05, 0) is 12.1 Å². The number of nitrogens with zero attached hydrogens (tertiary/aromatic N) is 1. The van der Waals surface area contributed by atoms with Crippen molar-refractivity contribution in [1.82, 2.24) is 4.98 Å². The number of alkyl halides is 2. The van der Waals surface area contributed by atoms with E-state index in [0.717, 1.165) is 0 Å². The molecule has 1 aromatic rings. The number of anilines is 2. The summed E-state index contributed by atoms with van der Waals surface area (Å²) in [5, 5.41) is 10.8. The summed E-state index contributed by atoms with van der Waals surface area (Å²) in [5.74, 6) is -3.13. The molecule has 0 saturated heterocycles. The molecule has 84 valence electrons. The van der Waals surface area contributed by atoms with Crippen molar-refractivity contribution in [1.29, 1.82) is 0 Å². The van der Waals surface area contributed by atoms with Gasteiger partial charge < -0.3 is 16.2 Å². The van der Waals surface area contributed by atoms with Gasteiger partial charge in [-0.1, -0.05) is 11.6 Å². The monoisotopic (exact) mass is 237 g/mol. The minimum Gasteiger partial charge on any atom is -0.396 e. The van der Waals surface area contributed by atoms with E-state index in [4.69, 9.17) is 22.4 Å². The first kappa shape index (κ1) is 11.9. The molecule has 4 nitrogen and oxygen atoms in total. The van der Waals surface area contributed by atoms with Gasteiger partial charge in [0.15, 0.2) is 5.82 Å². The number of hydrogen-bond acceptors (Lipinski definition) is 4. The third-order valence-corrected chi connectivity index (χ3v) is 1.85. The molecule has 0 spiro atoms. The van der Waals surface area contributed by atoms with Crippen LogP contribution < -0.4 is 11.1 Å². The van der Waals surface area contributed by atoms with Crippen molar-refractivity contribution in [2.75, 3.05) is 24.2 Å². The first-order valence-corrected chi connectivity index (χ1v) is 4.47. The van der Waals surface area contributed by atoms with Gasteiger partial charge in [-0.3, -0.25) is 0 Å². The fourth-order valence-electron chi connectivity index (χ4n) is 0.857. The van der Waals surface area contributed by atoms with Crippen molar-refractivity contribution in [3.8, 4) is 0 Å². The molecule has 0 saturated carbocycles. The molecule has 0 bridgehead atoms. The third-order valence-electron chi connectivity index (χ3n) is 1.64. The van der Waals surface area contributed by atoms with Crippen molar-refractivity contribution < 1.29 is 13.9 Å². The Morgan fingerprint density at radius 2 is 2.20 bits per heavy atom. The average molecular weight is 238 g/mol. The summed E-state index contributed by atoms with van der Waals surface area (Å²) in [5.41, 5.74) is 5.69. The van der Waals surface area contributed by atoms with Crippen LogP contribution in [0.1, 0.15) is 0 Å². The fourth-order valence-corrected chi connectivity index (χ4v) is 1.00. The lowest BCUT2D eigenvalue weighted by atomic mass is 10.3. The summed E-state index contributed by atoms with van der Waals surface area (Å²) >= 11 is 5.56. The molecule has 0 radical (unpaired) electrons. The molecular weight excluding hydrogens is 228 g/mol. The van der Waals surface area contributed by atoms with E-state index in [1.165, 1.54) is 12.1 Å². The molecule has 4 N–H and O–H groups in total. The average Bonchev–Trinajstić information content (AvgIpc) is 2.20. The fraction of sp³-hybridized carbons (Fsp3) is 0.375. The lowest BCUT2D eigenvalue weighted by Crippen LogP contribution is -2.31. The molecule has 0 aromatic carbocycles. The van der Waals surface area contributed by atoms with Crippen LogP contribution in [0, 0.1) is 0 Å². The summed E-state index contributed by atoms with van der Waals surface area (Å²) in [6.45, 7) is -1.98. The number of aliphatic hydroxyl groups is 1. The number of halogens is 3. The molecule has 0 aliphatic rings. The minimum atomic E-state index is -3.21. The van der Waals surface area contributed by atoms with E-state index in [-0.39, 0.29) is 16.7 Å². The Kier molecular flexibility index (Phi) is 3.65. The van der Waals surface area contributed by atoms with Gasteiger partial charge in [-0.25, -0.2) is 13.8 Å². The van der Waals surface area contributed by atoms with Crippen LogP contribution in [0.3, 0.4) is 0 Å². The summed E-state index contributed by atoms with van der Waals surface area (Å²) in [6, 6.07) is 2.90. The van der Waals surface area contributed by atoms with Gasteiger partial charge in [0.25, 0.3) is 5.92 Å². The molecule has 0 amide bonds. The molecule has 15 heavy (non-hydrogen) atoms. The highest BCUT2D eigenvalue weighted by Crippen LogP contribution is 2.20. The van der Waals surface area contributed by atoms with Gasteiger partial charge >= 0.3 is 0 Å². The summed E-state index contributed by atoms with van der Waals surface area (Å²) < 4.78 is 25.3. The maximum atomic E-state index is 12.7. The summed E-state index contributed by atoms with van der Waals surface area (Å²) in [7, 11) is 0. The second kappa shape index (κ2) is 4.59. The second-order valence-corrected chi connectivity index (χ2v) is 3.33. The Bertz CT molecular complexity index is 349. The Labute approximate surface area is 90.1 Å². The molecule has 1 aromatic heterocycles. The standard InChI is InChI=1S/C8H10ClF2N3O/c9-6-2-1-5(12)7(14-6)13-3-8(10,11)4-15/h1-2,15H,3-4,12H2,(H,13,14). The zero-order chi connectivity index (χ0) is 11.5. The van der Waals surface area contributed by atoms with Gasteiger partial charge in [-0.15, -0.1) is 0 Å². The number of nitrogen functional groups attached to an aromatic ring is 1. The lowest BCUT2D eigenvalue weighted by Gasteiger charge is -2.15. The highest BCUT2D eigenvalue weighted by Gasteiger charge is 2.27. The molecule has 0 fully saturated rings. The number of nitrogens with two attached hydrogens (primary N) is 1. The molecule has 0 unspecified atom stereocenters. The highest BCUT2D eigenvalue weighted by molar-refractivity contribution is 6.29. The van der Waals surface area contributed by atoms with E-state index < -0.39 is 19.1 Å². The zero-order valence-electron chi connectivity index (χ0n) is 7.67. The first-order valence-electron chi connectivity index (χ1n) is 4.09. The largest absolute Gasteiger partial charge is 0.396 e. The Morgan fingerprint density at radius 1 is 1.53 bits per heavy atom. The van der Waals surface area contributed by atoms with E-state index >= 15 is 0 Å². The molecule has 1 rings (SSSR count). The van der Waals surface area contributed by atoms with Crippen molar-refractivity contribution in [2.24, 2.45) is 0 Å². The number of hydrogen-bond donors (Lipinski definition) is 3. The first-order chi connectivity index (χ1) is 6.94. The van der Waals surface area contributed by atoms with Crippen molar-refractivity contribution >= 4 is 23.1 Å². The van der Waals surface area contributed by atoms with Gasteiger partial charge in [0.05, 0.1) is 12.2 Å². The van der Waals surface area contributed by atoms with E-state index in [0.29, 0.717) is 0 Å². The van der Waals surface area contributed by atoms with Crippen LogP contribution in [-0.4, -0.2) is 29.2 Å². The molecule has 0 aliphatic carbocycles. The topological polar surface area (TPSA) is 71.2 Å². The van der Waals surface area contributed by atoms with Gasteiger partial charge in [-0.2, -0.15) is 0 Å². The van der Waals surface area contributed by atoms with Crippen LogP contribution in [0.5, 0.6) is 0 Å². The van der Waals surface area contributed by atoms with Crippen molar-refractivity contribution in [3.63, 3.8) is 0 Å². The summed E-state index contributed by atoms with van der Waals surface area (Å²) in [4.78, 5) is 3.72. The minimum absolute atomic E-state index is 0.0793. The van der Waals surface area contributed by atoms with Crippen LogP contribution in [0.2, 0.25) is 5.15 Å². The molecule has 7 heteroatoms. The molecular formula is C8H10ClF2N3O. The van der Waals surface area contributed by atoms with Crippen LogP contribution in [0.25, 0.3) is 0 Å². The smallest absolute Gasteiger partial charge is 0.287 e. The Morgan fingerprint density at radius 3 is 2.80 bits per heavy atom. The van der Waals surface area contributed by atoms with Crippen molar-refractivity contribution in [3.05, 3.63) is 17.3 Å². The van der Waals surface area contributed by atoms with E-state index in [1.54, 1.807) is 0 Å². The van der Waals surface area contributed by atoms with Gasteiger partial charge in [0.1, 0.15) is 11.8 Å². The zero-order valence-corrected chi connectivity index (χ0v) is 8.43. The maximum absolute atomic E-state index is 12.7. The number of aromatic nitrogens is 1. The predicted octanol–water partition coefficient (Wildman–Crippen LogP) is 1.36.